The van der Waals surface area contributed by atoms with E-state index < -0.39 is 0 Å². The van der Waals surface area contributed by atoms with Gasteiger partial charge in [0.05, 0.1) is 0 Å². The zero-order valence-electron chi connectivity index (χ0n) is 11.8. The number of unbranched alkanes of at least 4 members (excludes halogenated alkanes) is 1. The Bertz CT molecular complexity index is 540. The highest BCUT2D eigenvalue weighted by atomic mass is 19.1. The van der Waals surface area contributed by atoms with Gasteiger partial charge in [-0.1, -0.05) is 37.6 Å². The molecule has 0 amide bonds. The number of benzene rings is 2. The summed E-state index contributed by atoms with van der Waals surface area (Å²) in [5.74, 6) is -0.234. The monoisotopic (exact) mass is 272 g/mol. The van der Waals surface area contributed by atoms with Crippen LogP contribution in [0.15, 0.2) is 48.5 Å². The number of rotatable bonds is 6. The molecular weight excluding hydrogens is 251 g/mol. The summed E-state index contributed by atoms with van der Waals surface area (Å²) in [4.78, 5) is 2.21. The van der Waals surface area contributed by atoms with Gasteiger partial charge in [0.1, 0.15) is 5.82 Å². The molecule has 3 heteroatoms. The van der Waals surface area contributed by atoms with E-state index in [1.54, 1.807) is 12.1 Å². The number of nitrogen functional groups attached to an aromatic ring is 1. The molecule has 2 nitrogen and oxygen atoms in total. The Morgan fingerprint density at radius 1 is 1.10 bits per heavy atom. The third kappa shape index (κ3) is 3.73. The molecule has 0 bridgehead atoms. The lowest BCUT2D eigenvalue weighted by Gasteiger charge is -2.25. The Morgan fingerprint density at radius 3 is 2.50 bits per heavy atom. The molecule has 0 saturated heterocycles. The van der Waals surface area contributed by atoms with E-state index in [2.05, 4.69) is 24.0 Å². The van der Waals surface area contributed by atoms with Gasteiger partial charge < -0.3 is 10.6 Å². The third-order valence-corrected chi connectivity index (χ3v) is 3.34. The Hall–Kier alpha value is -2.03. The van der Waals surface area contributed by atoms with Crippen LogP contribution in [-0.2, 0) is 6.54 Å². The normalized spacial score (nSPS) is 10.5. The van der Waals surface area contributed by atoms with Gasteiger partial charge in [-0.15, -0.1) is 0 Å². The van der Waals surface area contributed by atoms with E-state index in [1.807, 2.05) is 18.2 Å². The highest BCUT2D eigenvalue weighted by Crippen LogP contribution is 2.20. The van der Waals surface area contributed by atoms with Crippen molar-refractivity contribution in [3.63, 3.8) is 0 Å². The summed E-state index contributed by atoms with van der Waals surface area (Å²) in [6.45, 7) is 3.65. The van der Waals surface area contributed by atoms with Crippen molar-refractivity contribution < 1.29 is 4.39 Å². The molecule has 0 aromatic heterocycles. The van der Waals surface area contributed by atoms with Crippen LogP contribution in [0, 0.1) is 5.82 Å². The van der Waals surface area contributed by atoms with Crippen molar-refractivity contribution in [3.05, 3.63) is 59.9 Å². The minimum Gasteiger partial charge on any atom is -0.399 e. The molecule has 0 saturated carbocycles. The fourth-order valence-corrected chi connectivity index (χ4v) is 2.18. The smallest absolute Gasteiger partial charge is 0.130 e. The van der Waals surface area contributed by atoms with Gasteiger partial charge >= 0.3 is 0 Å². The average Bonchev–Trinajstić information content (AvgIpc) is 2.46. The molecule has 0 aliphatic carbocycles. The SMILES string of the molecule is CCCCN(Cc1ccc(N)cc1F)c1ccccc1. The molecule has 2 N–H and O–H groups in total. The van der Waals surface area contributed by atoms with Gasteiger partial charge in [-0.25, -0.2) is 4.39 Å². The number of hydrogen-bond donors (Lipinski definition) is 1. The summed E-state index contributed by atoms with van der Waals surface area (Å²) < 4.78 is 13.9. The predicted molar refractivity (Wildman–Crippen MR) is 83.2 cm³/mol. The molecule has 0 unspecified atom stereocenters. The predicted octanol–water partition coefficient (Wildman–Crippen LogP) is 4.21. The molecule has 20 heavy (non-hydrogen) atoms. The molecule has 0 aliphatic rings. The van der Waals surface area contributed by atoms with E-state index >= 15 is 0 Å². The van der Waals surface area contributed by atoms with Crippen molar-refractivity contribution in [2.45, 2.75) is 26.3 Å². The molecule has 0 fully saturated rings. The van der Waals surface area contributed by atoms with Gasteiger partial charge in [-0.2, -0.15) is 0 Å². The van der Waals surface area contributed by atoms with Gasteiger partial charge in [0, 0.05) is 30.0 Å². The van der Waals surface area contributed by atoms with E-state index in [1.165, 1.54) is 6.07 Å². The Kier molecular flexibility index (Phi) is 4.99. The molecule has 0 atom stereocenters. The van der Waals surface area contributed by atoms with Crippen LogP contribution in [0.2, 0.25) is 0 Å². The summed E-state index contributed by atoms with van der Waals surface area (Å²) in [6, 6.07) is 15.0. The number of para-hydroxylation sites is 1. The van der Waals surface area contributed by atoms with E-state index in [0.29, 0.717) is 17.8 Å². The molecule has 2 aromatic rings. The number of nitrogens with zero attached hydrogens (tertiary/aromatic N) is 1. The second-order valence-corrected chi connectivity index (χ2v) is 4.96. The summed E-state index contributed by atoms with van der Waals surface area (Å²) in [7, 11) is 0. The highest BCUT2D eigenvalue weighted by Gasteiger charge is 2.10. The maximum Gasteiger partial charge on any atom is 0.130 e. The maximum atomic E-state index is 13.9. The number of nitrogens with two attached hydrogens (primary N) is 1. The first kappa shape index (κ1) is 14.4. The summed E-state index contributed by atoms with van der Waals surface area (Å²) >= 11 is 0. The lowest BCUT2D eigenvalue weighted by atomic mass is 10.1. The quantitative estimate of drug-likeness (QED) is 0.798. The second-order valence-electron chi connectivity index (χ2n) is 4.96. The number of anilines is 2. The van der Waals surface area contributed by atoms with Crippen molar-refractivity contribution in [2.75, 3.05) is 17.2 Å². The van der Waals surface area contributed by atoms with Crippen LogP contribution >= 0.6 is 0 Å². The van der Waals surface area contributed by atoms with Gasteiger partial charge in [0.25, 0.3) is 0 Å². The first-order valence-corrected chi connectivity index (χ1v) is 7.04. The van der Waals surface area contributed by atoms with Crippen molar-refractivity contribution in [3.8, 4) is 0 Å². The first-order valence-electron chi connectivity index (χ1n) is 7.04. The first-order chi connectivity index (χ1) is 9.70. The van der Waals surface area contributed by atoms with E-state index in [9.17, 15) is 4.39 Å². The minimum atomic E-state index is -0.234. The van der Waals surface area contributed by atoms with Crippen LogP contribution in [0.5, 0.6) is 0 Å². The maximum absolute atomic E-state index is 13.9. The number of hydrogen-bond acceptors (Lipinski definition) is 2. The van der Waals surface area contributed by atoms with Crippen molar-refractivity contribution in [2.24, 2.45) is 0 Å². The van der Waals surface area contributed by atoms with Crippen molar-refractivity contribution >= 4 is 11.4 Å². The van der Waals surface area contributed by atoms with E-state index in [-0.39, 0.29) is 5.82 Å². The van der Waals surface area contributed by atoms with Gasteiger partial charge in [-0.3, -0.25) is 0 Å². The van der Waals surface area contributed by atoms with Crippen LogP contribution in [0.25, 0.3) is 0 Å². The zero-order chi connectivity index (χ0) is 14.4. The van der Waals surface area contributed by atoms with E-state index in [4.69, 9.17) is 5.73 Å². The lowest BCUT2D eigenvalue weighted by molar-refractivity contribution is 0.601. The van der Waals surface area contributed by atoms with Crippen LogP contribution in [-0.4, -0.2) is 6.54 Å². The molecule has 0 radical (unpaired) electrons. The molecule has 2 aromatic carbocycles. The number of halogens is 1. The van der Waals surface area contributed by atoms with Crippen molar-refractivity contribution in [1.29, 1.82) is 0 Å². The van der Waals surface area contributed by atoms with Crippen LogP contribution in [0.3, 0.4) is 0 Å². The van der Waals surface area contributed by atoms with Crippen LogP contribution in [0.4, 0.5) is 15.8 Å². The molecule has 106 valence electrons. The van der Waals surface area contributed by atoms with Crippen LogP contribution < -0.4 is 10.6 Å². The summed E-state index contributed by atoms with van der Waals surface area (Å²) in [6.07, 6.45) is 2.21. The zero-order valence-corrected chi connectivity index (χ0v) is 11.8. The van der Waals surface area contributed by atoms with Gasteiger partial charge in [-0.05, 0) is 30.7 Å². The molecule has 2 rings (SSSR count). The minimum absolute atomic E-state index is 0.234. The average molecular weight is 272 g/mol. The summed E-state index contributed by atoms with van der Waals surface area (Å²) in [5, 5.41) is 0. The standard InChI is InChI=1S/C17H21FN2/c1-2-3-11-20(16-7-5-4-6-8-16)13-14-9-10-15(19)12-17(14)18/h4-10,12H,2-3,11,13,19H2,1H3. The Balaban J connectivity index is 2.19. The topological polar surface area (TPSA) is 29.3 Å². The van der Waals surface area contributed by atoms with Crippen LogP contribution in [0.1, 0.15) is 25.3 Å². The highest BCUT2D eigenvalue weighted by molar-refractivity contribution is 5.48. The van der Waals surface area contributed by atoms with Gasteiger partial charge in [0.2, 0.25) is 0 Å². The fourth-order valence-electron chi connectivity index (χ4n) is 2.18. The molecule has 0 aliphatic heterocycles. The van der Waals surface area contributed by atoms with Crippen molar-refractivity contribution in [1.82, 2.24) is 0 Å². The Morgan fingerprint density at radius 2 is 1.85 bits per heavy atom. The lowest BCUT2D eigenvalue weighted by Crippen LogP contribution is -2.24. The Labute approximate surface area is 120 Å². The largest absolute Gasteiger partial charge is 0.399 e. The third-order valence-electron chi connectivity index (χ3n) is 3.34. The van der Waals surface area contributed by atoms with Gasteiger partial charge in [0.15, 0.2) is 0 Å². The van der Waals surface area contributed by atoms with E-state index in [0.717, 1.165) is 25.1 Å². The molecule has 0 heterocycles. The molecule has 0 spiro atoms. The second kappa shape index (κ2) is 6.94. The molecular formula is C17H21FN2. The summed E-state index contributed by atoms with van der Waals surface area (Å²) in [5.41, 5.74) is 7.86. The fraction of sp³-hybridized carbons (Fsp3) is 0.294.